The summed E-state index contributed by atoms with van der Waals surface area (Å²) in [5.74, 6) is 0.187. The van der Waals surface area contributed by atoms with Crippen LogP contribution in [-0.2, 0) is 9.63 Å². The van der Waals surface area contributed by atoms with Gasteiger partial charge in [0.25, 0.3) is 0 Å². The second-order valence-electron chi connectivity index (χ2n) is 4.48. The van der Waals surface area contributed by atoms with Gasteiger partial charge in [0.05, 0.1) is 12.7 Å². The number of amidine groups is 1. The highest BCUT2D eigenvalue weighted by Gasteiger charge is 2.19. The monoisotopic (exact) mass is 332 g/mol. The average molecular weight is 332 g/mol. The highest BCUT2D eigenvalue weighted by Crippen LogP contribution is 2.25. The number of aliphatic carboxylic acids is 1. The molecule has 23 heavy (non-hydrogen) atoms. The first-order valence-electron chi connectivity index (χ1n) is 6.54. The topological polar surface area (TPSA) is 109 Å². The number of rotatable bonds is 5. The largest absolute Gasteiger partial charge is 0.476 e. The molecule has 0 radical (unpaired) electrons. The third-order valence-corrected chi connectivity index (χ3v) is 3.77. The van der Waals surface area contributed by atoms with E-state index in [1.54, 1.807) is 23.8 Å². The number of carboxylic acids is 1. The van der Waals surface area contributed by atoms with Gasteiger partial charge >= 0.3 is 5.97 Å². The molecule has 0 amide bonds. The van der Waals surface area contributed by atoms with Gasteiger partial charge in [-0.3, -0.25) is 5.43 Å². The normalized spacial score (nSPS) is 16.3. The third-order valence-electron chi connectivity index (χ3n) is 2.95. The Labute approximate surface area is 134 Å². The lowest BCUT2D eigenvalue weighted by atomic mass is 10.2. The maximum absolute atomic E-state index is 11.1. The van der Waals surface area contributed by atoms with Crippen molar-refractivity contribution in [2.75, 3.05) is 7.11 Å². The van der Waals surface area contributed by atoms with Crippen LogP contribution in [0.2, 0.25) is 0 Å². The number of hydrogen-bond donors (Lipinski definition) is 2. The lowest BCUT2D eigenvalue weighted by Crippen LogP contribution is -2.13. The molecule has 0 atom stereocenters. The van der Waals surface area contributed by atoms with E-state index in [1.165, 1.54) is 18.4 Å². The van der Waals surface area contributed by atoms with Crippen LogP contribution in [0.1, 0.15) is 17.7 Å². The molecule has 2 aromatic heterocycles. The summed E-state index contributed by atoms with van der Waals surface area (Å²) in [5, 5.41) is 19.1. The number of carbonyl (C=O) groups is 1. The van der Waals surface area contributed by atoms with Gasteiger partial charge < -0.3 is 14.4 Å². The summed E-state index contributed by atoms with van der Waals surface area (Å²) in [4.78, 5) is 20.1. The van der Waals surface area contributed by atoms with E-state index >= 15 is 0 Å². The number of carboxylic acid groups (broad SMARTS) is 1. The minimum atomic E-state index is -1.16. The Bertz CT molecular complexity index is 805. The van der Waals surface area contributed by atoms with E-state index in [4.69, 9.17) is 9.52 Å². The third kappa shape index (κ3) is 3.29. The number of hydrazone groups is 1. The van der Waals surface area contributed by atoms with E-state index in [0.29, 0.717) is 28.6 Å². The van der Waals surface area contributed by atoms with Crippen LogP contribution < -0.4 is 5.43 Å². The Morgan fingerprint density at radius 3 is 3.13 bits per heavy atom. The van der Waals surface area contributed by atoms with Crippen molar-refractivity contribution in [1.29, 1.82) is 0 Å². The summed E-state index contributed by atoms with van der Waals surface area (Å²) < 4.78 is 5.29. The number of oxime groups is 1. The molecule has 2 N–H and O–H groups in total. The Hall–Kier alpha value is -2.94. The molecule has 0 saturated heterocycles. The van der Waals surface area contributed by atoms with Crippen LogP contribution in [0.5, 0.6) is 0 Å². The maximum Gasteiger partial charge on any atom is 0.358 e. The molecule has 2 aromatic rings. The van der Waals surface area contributed by atoms with E-state index in [2.05, 4.69) is 25.5 Å². The molecule has 0 spiro atoms. The fraction of sp³-hybridized carbons (Fsp3) is 0.143. The van der Waals surface area contributed by atoms with Crippen molar-refractivity contribution < 1.29 is 19.2 Å². The summed E-state index contributed by atoms with van der Waals surface area (Å²) in [7, 11) is 1.30. The molecule has 118 valence electrons. The van der Waals surface area contributed by atoms with Crippen LogP contribution in [0.4, 0.5) is 5.00 Å². The predicted octanol–water partition coefficient (Wildman–Crippen LogP) is 2.20. The first kappa shape index (κ1) is 15.0. The molecule has 0 bridgehead atoms. The van der Waals surface area contributed by atoms with Crippen molar-refractivity contribution in [3.8, 4) is 0 Å². The van der Waals surface area contributed by atoms with E-state index in [-0.39, 0.29) is 5.71 Å². The van der Waals surface area contributed by atoms with Crippen LogP contribution in [0.3, 0.4) is 0 Å². The van der Waals surface area contributed by atoms with Crippen LogP contribution in [-0.4, -0.2) is 35.4 Å². The van der Waals surface area contributed by atoms with E-state index in [1.807, 2.05) is 6.07 Å². The second kappa shape index (κ2) is 6.44. The zero-order valence-corrected chi connectivity index (χ0v) is 12.8. The van der Waals surface area contributed by atoms with E-state index in [9.17, 15) is 4.79 Å². The minimum absolute atomic E-state index is 0.165. The van der Waals surface area contributed by atoms with Crippen LogP contribution >= 0.6 is 11.3 Å². The van der Waals surface area contributed by atoms with Gasteiger partial charge in [-0.2, -0.15) is 5.10 Å². The van der Waals surface area contributed by atoms with Crippen molar-refractivity contribution in [1.82, 2.24) is 5.43 Å². The van der Waals surface area contributed by atoms with Gasteiger partial charge in [-0.15, -0.1) is 11.3 Å². The zero-order valence-electron chi connectivity index (χ0n) is 12.0. The molecule has 3 heterocycles. The van der Waals surface area contributed by atoms with Crippen molar-refractivity contribution in [3.05, 3.63) is 41.2 Å². The van der Waals surface area contributed by atoms with Gasteiger partial charge in [0.15, 0.2) is 5.71 Å². The van der Waals surface area contributed by atoms with E-state index in [0.717, 1.165) is 5.71 Å². The molecule has 8 nitrogen and oxygen atoms in total. The van der Waals surface area contributed by atoms with Crippen LogP contribution in [0.25, 0.3) is 0 Å². The fourth-order valence-corrected chi connectivity index (χ4v) is 2.75. The van der Waals surface area contributed by atoms with Crippen LogP contribution in [0, 0.1) is 0 Å². The number of thiophene rings is 1. The molecule has 0 saturated carbocycles. The van der Waals surface area contributed by atoms with Gasteiger partial charge in [-0.1, -0.05) is 5.16 Å². The molecule has 9 heteroatoms. The standard InChI is InChI=1S/C14H12N4O4S/c1-21-18-13(14(19)20)8-5-12(23-7-8)15-11-6-9(16-17-11)10-3-2-4-22-10/h2-5,7H,6H2,1H3,(H,15,17)(H,19,20). The molecular formula is C14H12N4O4S. The maximum atomic E-state index is 11.1. The van der Waals surface area contributed by atoms with Crippen molar-refractivity contribution in [3.63, 3.8) is 0 Å². The molecule has 1 aliphatic rings. The molecule has 0 unspecified atom stereocenters. The summed E-state index contributed by atoms with van der Waals surface area (Å²) in [5.41, 5.74) is 3.88. The Balaban J connectivity index is 1.75. The second-order valence-corrected chi connectivity index (χ2v) is 5.37. The van der Waals surface area contributed by atoms with Crippen molar-refractivity contribution in [2.24, 2.45) is 15.2 Å². The highest BCUT2D eigenvalue weighted by molar-refractivity contribution is 7.14. The summed E-state index contributed by atoms with van der Waals surface area (Å²) in [6, 6.07) is 5.25. The SMILES string of the molecule is CON=C(C(=O)O)c1csc(N=C2CC(c3ccco3)=NN2)c1. The molecule has 0 aliphatic carbocycles. The molecule has 0 aromatic carbocycles. The average Bonchev–Trinajstić information content (AvgIpc) is 3.26. The first-order chi connectivity index (χ1) is 11.2. The van der Waals surface area contributed by atoms with Crippen LogP contribution in [0.15, 0.2) is 49.5 Å². The minimum Gasteiger partial charge on any atom is -0.476 e. The Morgan fingerprint density at radius 1 is 1.57 bits per heavy atom. The summed E-state index contributed by atoms with van der Waals surface area (Å²) >= 11 is 1.31. The molecular weight excluding hydrogens is 320 g/mol. The number of hydrogen-bond acceptors (Lipinski definition) is 7. The Kier molecular flexibility index (Phi) is 4.20. The first-order valence-corrected chi connectivity index (χ1v) is 7.42. The lowest BCUT2D eigenvalue weighted by molar-refractivity contribution is -0.129. The van der Waals surface area contributed by atoms with Gasteiger partial charge in [-0.05, 0) is 18.2 Å². The van der Waals surface area contributed by atoms with Gasteiger partial charge in [0.2, 0.25) is 0 Å². The molecule has 3 rings (SSSR count). The van der Waals surface area contributed by atoms with Gasteiger partial charge in [0.1, 0.15) is 29.4 Å². The predicted molar refractivity (Wildman–Crippen MR) is 85.6 cm³/mol. The molecule has 1 aliphatic heterocycles. The smallest absolute Gasteiger partial charge is 0.358 e. The van der Waals surface area contributed by atoms with Gasteiger partial charge in [-0.25, -0.2) is 9.79 Å². The lowest BCUT2D eigenvalue weighted by Gasteiger charge is -1.96. The van der Waals surface area contributed by atoms with Crippen molar-refractivity contribution in [2.45, 2.75) is 6.42 Å². The number of nitrogens with one attached hydrogen (secondary N) is 1. The Morgan fingerprint density at radius 2 is 2.43 bits per heavy atom. The van der Waals surface area contributed by atoms with E-state index < -0.39 is 5.97 Å². The number of aliphatic imine (C=N–C) groups is 1. The zero-order chi connectivity index (χ0) is 16.2. The highest BCUT2D eigenvalue weighted by atomic mass is 32.1. The molecule has 0 fully saturated rings. The fourth-order valence-electron chi connectivity index (χ4n) is 1.97. The van der Waals surface area contributed by atoms with Gasteiger partial charge in [0, 0.05) is 10.9 Å². The number of nitrogens with zero attached hydrogens (tertiary/aromatic N) is 3. The quantitative estimate of drug-likeness (QED) is 0.644. The summed E-state index contributed by atoms with van der Waals surface area (Å²) in [6.07, 6.45) is 2.10. The van der Waals surface area contributed by atoms with Crippen molar-refractivity contribution >= 4 is 39.6 Å². The number of furan rings is 1. The summed E-state index contributed by atoms with van der Waals surface area (Å²) in [6.45, 7) is 0.